The van der Waals surface area contributed by atoms with Gasteiger partial charge < -0.3 is 10.2 Å². The quantitative estimate of drug-likeness (QED) is 0.546. The lowest BCUT2D eigenvalue weighted by molar-refractivity contribution is 0.464. The summed E-state index contributed by atoms with van der Waals surface area (Å²) in [6, 6.07) is 23.5. The molecule has 0 heterocycles. The van der Waals surface area contributed by atoms with Crippen molar-refractivity contribution in [2.45, 2.75) is 12.8 Å². The molecule has 2 nitrogen and oxygen atoms in total. The molecule has 0 fully saturated rings. The molecule has 2 heteroatoms. The van der Waals surface area contributed by atoms with Crippen LogP contribution < -0.4 is 0 Å². The van der Waals surface area contributed by atoms with Crippen molar-refractivity contribution in [1.82, 2.24) is 0 Å². The molecule has 2 N–H and O–H groups in total. The number of rotatable bonds is 3. The number of hydrogen-bond donors (Lipinski definition) is 2. The first-order valence-corrected chi connectivity index (χ1v) is 8.13. The Morgan fingerprint density at radius 2 is 0.917 bits per heavy atom. The highest BCUT2D eigenvalue weighted by Crippen LogP contribution is 2.32. The van der Waals surface area contributed by atoms with E-state index in [2.05, 4.69) is 0 Å². The first-order chi connectivity index (χ1) is 11.7. The summed E-state index contributed by atoms with van der Waals surface area (Å²) in [5.41, 5.74) is 1.86. The van der Waals surface area contributed by atoms with Gasteiger partial charge >= 0.3 is 0 Å². The van der Waals surface area contributed by atoms with E-state index in [1.165, 1.54) is 0 Å². The average molecular weight is 314 g/mol. The van der Waals surface area contributed by atoms with E-state index in [0.717, 1.165) is 32.7 Å². The van der Waals surface area contributed by atoms with Gasteiger partial charge in [-0.15, -0.1) is 0 Å². The standard InChI is InChI=1S/C22H18O2/c23-21-13-9-15-5-1-3-7-17(15)19(21)11-12-20-18-8-4-2-6-16(18)10-14-22(20)24/h1-10,13-14,23-24H,11-12H2. The maximum Gasteiger partial charge on any atom is 0.119 e. The molecule has 0 unspecified atom stereocenters. The van der Waals surface area contributed by atoms with Gasteiger partial charge in [-0.2, -0.15) is 0 Å². The lowest BCUT2D eigenvalue weighted by Crippen LogP contribution is -1.95. The molecule has 0 bridgehead atoms. The lowest BCUT2D eigenvalue weighted by Gasteiger charge is -2.12. The molecular formula is C22H18O2. The van der Waals surface area contributed by atoms with Crippen LogP contribution in [0.1, 0.15) is 11.1 Å². The zero-order valence-electron chi connectivity index (χ0n) is 13.2. The Bertz CT molecular complexity index is 949. The molecule has 0 spiro atoms. The summed E-state index contributed by atoms with van der Waals surface area (Å²) >= 11 is 0. The van der Waals surface area contributed by atoms with Crippen LogP contribution in [0.15, 0.2) is 72.8 Å². The van der Waals surface area contributed by atoms with E-state index in [1.807, 2.05) is 60.7 Å². The van der Waals surface area contributed by atoms with Crippen LogP contribution in [0.4, 0.5) is 0 Å². The van der Waals surface area contributed by atoms with Crippen molar-refractivity contribution < 1.29 is 10.2 Å². The highest BCUT2D eigenvalue weighted by molar-refractivity contribution is 5.89. The zero-order valence-corrected chi connectivity index (χ0v) is 13.2. The predicted octanol–water partition coefficient (Wildman–Crippen LogP) is 5.19. The van der Waals surface area contributed by atoms with Gasteiger partial charge in [-0.05, 0) is 46.5 Å². The minimum atomic E-state index is 0.313. The molecule has 118 valence electrons. The summed E-state index contributed by atoms with van der Waals surface area (Å²) in [5.74, 6) is 0.627. The Labute approximate surface area is 140 Å². The molecule has 0 aromatic heterocycles. The number of phenolic OH excluding ortho intramolecular Hbond substituents is 2. The second kappa shape index (κ2) is 5.89. The largest absolute Gasteiger partial charge is 0.508 e. The van der Waals surface area contributed by atoms with Crippen molar-refractivity contribution in [1.29, 1.82) is 0 Å². The molecule has 4 rings (SSSR count). The molecule has 0 aliphatic carbocycles. The van der Waals surface area contributed by atoms with Crippen molar-refractivity contribution >= 4 is 21.5 Å². The molecule has 0 radical (unpaired) electrons. The molecule has 0 atom stereocenters. The van der Waals surface area contributed by atoms with Gasteiger partial charge in [0.2, 0.25) is 0 Å². The first-order valence-electron chi connectivity index (χ1n) is 8.13. The Balaban J connectivity index is 1.77. The molecular weight excluding hydrogens is 296 g/mol. The Hall–Kier alpha value is -3.00. The maximum absolute atomic E-state index is 10.3. The molecule has 0 amide bonds. The van der Waals surface area contributed by atoms with E-state index in [4.69, 9.17) is 0 Å². The summed E-state index contributed by atoms with van der Waals surface area (Å²) in [7, 11) is 0. The molecule has 24 heavy (non-hydrogen) atoms. The maximum atomic E-state index is 10.3. The molecule has 4 aromatic rings. The van der Waals surface area contributed by atoms with Crippen molar-refractivity contribution in [2.75, 3.05) is 0 Å². The summed E-state index contributed by atoms with van der Waals surface area (Å²) in [4.78, 5) is 0. The SMILES string of the molecule is Oc1ccc2ccccc2c1CCc1c(O)ccc2ccccc12. The summed E-state index contributed by atoms with van der Waals surface area (Å²) < 4.78 is 0. The number of aromatic hydroxyl groups is 2. The van der Waals surface area contributed by atoms with E-state index in [1.54, 1.807) is 12.1 Å². The van der Waals surface area contributed by atoms with E-state index in [9.17, 15) is 10.2 Å². The molecule has 4 aromatic carbocycles. The van der Waals surface area contributed by atoms with Crippen molar-refractivity contribution in [3.05, 3.63) is 83.9 Å². The number of fused-ring (bicyclic) bond motifs is 2. The second-order valence-electron chi connectivity index (χ2n) is 6.07. The topological polar surface area (TPSA) is 40.5 Å². The highest BCUT2D eigenvalue weighted by Gasteiger charge is 2.11. The third-order valence-corrected chi connectivity index (χ3v) is 4.66. The van der Waals surface area contributed by atoms with E-state index in [0.29, 0.717) is 24.3 Å². The van der Waals surface area contributed by atoms with Crippen molar-refractivity contribution in [3.8, 4) is 11.5 Å². The van der Waals surface area contributed by atoms with Gasteiger partial charge in [0, 0.05) is 11.1 Å². The molecule has 0 saturated heterocycles. The van der Waals surface area contributed by atoms with Crippen LogP contribution in [0.25, 0.3) is 21.5 Å². The predicted molar refractivity (Wildman–Crippen MR) is 98.6 cm³/mol. The summed E-state index contributed by atoms with van der Waals surface area (Å²) in [5, 5.41) is 25.0. The Morgan fingerprint density at radius 1 is 0.500 bits per heavy atom. The van der Waals surface area contributed by atoms with Crippen LogP contribution in [0, 0.1) is 0 Å². The van der Waals surface area contributed by atoms with Gasteiger partial charge in [-0.25, -0.2) is 0 Å². The van der Waals surface area contributed by atoms with Gasteiger partial charge in [0.1, 0.15) is 11.5 Å². The zero-order chi connectivity index (χ0) is 16.5. The van der Waals surface area contributed by atoms with Gasteiger partial charge in [0.05, 0.1) is 0 Å². The van der Waals surface area contributed by atoms with Crippen LogP contribution in [0.2, 0.25) is 0 Å². The molecule has 0 aliphatic heterocycles. The summed E-state index contributed by atoms with van der Waals surface area (Å²) in [6.07, 6.45) is 1.35. The van der Waals surface area contributed by atoms with Crippen LogP contribution in [-0.2, 0) is 12.8 Å². The first kappa shape index (κ1) is 14.6. The van der Waals surface area contributed by atoms with Gasteiger partial charge in [-0.3, -0.25) is 0 Å². The smallest absolute Gasteiger partial charge is 0.119 e. The number of aryl methyl sites for hydroxylation is 2. The number of phenols is 2. The minimum Gasteiger partial charge on any atom is -0.508 e. The summed E-state index contributed by atoms with van der Waals surface area (Å²) in [6.45, 7) is 0. The third kappa shape index (κ3) is 2.46. The molecule has 0 aliphatic rings. The second-order valence-corrected chi connectivity index (χ2v) is 6.07. The van der Waals surface area contributed by atoms with Gasteiger partial charge in [-0.1, -0.05) is 60.7 Å². The Morgan fingerprint density at radius 3 is 1.38 bits per heavy atom. The number of hydrogen-bond acceptors (Lipinski definition) is 2. The van der Waals surface area contributed by atoms with Gasteiger partial charge in [0.25, 0.3) is 0 Å². The van der Waals surface area contributed by atoms with E-state index >= 15 is 0 Å². The van der Waals surface area contributed by atoms with E-state index in [-0.39, 0.29) is 0 Å². The highest BCUT2D eigenvalue weighted by atomic mass is 16.3. The van der Waals surface area contributed by atoms with Gasteiger partial charge in [0.15, 0.2) is 0 Å². The fraction of sp³-hybridized carbons (Fsp3) is 0.0909. The fourth-order valence-electron chi connectivity index (χ4n) is 3.42. The molecule has 0 saturated carbocycles. The average Bonchev–Trinajstić information content (AvgIpc) is 2.62. The van der Waals surface area contributed by atoms with Crippen molar-refractivity contribution in [2.24, 2.45) is 0 Å². The monoisotopic (exact) mass is 314 g/mol. The number of benzene rings is 4. The van der Waals surface area contributed by atoms with Crippen LogP contribution >= 0.6 is 0 Å². The van der Waals surface area contributed by atoms with E-state index < -0.39 is 0 Å². The Kier molecular flexibility index (Phi) is 3.58. The van der Waals surface area contributed by atoms with Crippen LogP contribution in [-0.4, -0.2) is 10.2 Å². The lowest BCUT2D eigenvalue weighted by atomic mass is 9.94. The third-order valence-electron chi connectivity index (χ3n) is 4.66. The van der Waals surface area contributed by atoms with Crippen molar-refractivity contribution in [3.63, 3.8) is 0 Å². The normalized spacial score (nSPS) is 11.2. The minimum absolute atomic E-state index is 0.313. The fourth-order valence-corrected chi connectivity index (χ4v) is 3.42. The van der Waals surface area contributed by atoms with Crippen LogP contribution in [0.5, 0.6) is 11.5 Å². The van der Waals surface area contributed by atoms with Crippen LogP contribution in [0.3, 0.4) is 0 Å².